The molecule has 1 heterocycles. The summed E-state index contributed by atoms with van der Waals surface area (Å²) in [7, 11) is 0. The van der Waals surface area contributed by atoms with Crippen LogP contribution in [0.2, 0.25) is 0 Å². The van der Waals surface area contributed by atoms with Crippen molar-refractivity contribution in [2.75, 3.05) is 6.61 Å². The maximum Gasteiger partial charge on any atom is 0.109 e. The molecule has 2 heteroatoms. The molecule has 14 heavy (non-hydrogen) atoms. The Morgan fingerprint density at radius 2 is 2.14 bits per heavy atom. The summed E-state index contributed by atoms with van der Waals surface area (Å²) in [4.78, 5) is 0. The summed E-state index contributed by atoms with van der Waals surface area (Å²) in [6.07, 6.45) is 6.41. The first-order valence-electron chi connectivity index (χ1n) is 5.46. The van der Waals surface area contributed by atoms with Crippen LogP contribution in [-0.4, -0.2) is 24.9 Å². The minimum absolute atomic E-state index is 0.0824. The van der Waals surface area contributed by atoms with Crippen LogP contribution in [0.15, 0.2) is 17.9 Å². The van der Waals surface area contributed by atoms with Crippen LogP contribution in [-0.2, 0) is 9.47 Å². The van der Waals surface area contributed by atoms with E-state index in [0.29, 0.717) is 6.61 Å². The fourth-order valence-corrected chi connectivity index (χ4v) is 1.58. The van der Waals surface area contributed by atoms with Crippen molar-refractivity contribution in [3.63, 3.8) is 0 Å². The van der Waals surface area contributed by atoms with Gasteiger partial charge in [0.1, 0.15) is 6.10 Å². The summed E-state index contributed by atoms with van der Waals surface area (Å²) in [6, 6.07) is 0. The first kappa shape index (κ1) is 11.5. The highest BCUT2D eigenvalue weighted by Gasteiger charge is 2.28. The van der Waals surface area contributed by atoms with E-state index in [0.717, 1.165) is 12.8 Å². The predicted molar refractivity (Wildman–Crippen MR) is 57.3 cm³/mol. The van der Waals surface area contributed by atoms with Crippen LogP contribution in [0.1, 0.15) is 33.6 Å². The number of hydrogen-bond donors (Lipinski definition) is 0. The molecule has 0 saturated carbocycles. The maximum absolute atomic E-state index is 5.88. The van der Waals surface area contributed by atoms with Gasteiger partial charge in [-0.15, -0.1) is 5.73 Å². The third kappa shape index (κ3) is 2.98. The van der Waals surface area contributed by atoms with Gasteiger partial charge in [-0.25, -0.2) is 0 Å². The van der Waals surface area contributed by atoms with E-state index in [1.807, 2.05) is 19.1 Å². The standard InChI is InChI=1S/C12H20O2/c1-4-7-8-12-11(6-3)14-10(5-2)9-13-12/h4,8,10-12H,5-6,9H2,1-3H3. The molecule has 0 radical (unpaired) electrons. The van der Waals surface area contributed by atoms with E-state index in [-0.39, 0.29) is 18.3 Å². The fraction of sp³-hybridized carbons (Fsp3) is 0.750. The molecule has 3 unspecified atom stereocenters. The summed E-state index contributed by atoms with van der Waals surface area (Å²) in [5.74, 6) is 0. The lowest BCUT2D eigenvalue weighted by Crippen LogP contribution is -2.41. The summed E-state index contributed by atoms with van der Waals surface area (Å²) in [5, 5.41) is 0. The minimum atomic E-state index is 0.0824. The van der Waals surface area contributed by atoms with Gasteiger partial charge in [0.15, 0.2) is 0 Å². The third-order valence-corrected chi connectivity index (χ3v) is 2.49. The van der Waals surface area contributed by atoms with Crippen LogP contribution in [0.4, 0.5) is 0 Å². The zero-order valence-electron chi connectivity index (χ0n) is 9.32. The van der Waals surface area contributed by atoms with Gasteiger partial charge in [0.25, 0.3) is 0 Å². The van der Waals surface area contributed by atoms with Crippen LogP contribution in [0.3, 0.4) is 0 Å². The van der Waals surface area contributed by atoms with Crippen molar-refractivity contribution < 1.29 is 9.47 Å². The Balaban J connectivity index is 2.56. The molecule has 0 N–H and O–H groups in total. The highest BCUT2D eigenvalue weighted by atomic mass is 16.6. The van der Waals surface area contributed by atoms with Crippen LogP contribution in [0, 0.1) is 0 Å². The predicted octanol–water partition coefficient (Wildman–Crippen LogP) is 2.69. The number of hydrogen-bond acceptors (Lipinski definition) is 2. The normalized spacial score (nSPS) is 32.1. The highest BCUT2D eigenvalue weighted by molar-refractivity contribution is 4.95. The van der Waals surface area contributed by atoms with Gasteiger partial charge in [0, 0.05) is 0 Å². The average molecular weight is 196 g/mol. The molecule has 2 nitrogen and oxygen atoms in total. The molecule has 0 amide bonds. The second-order valence-electron chi connectivity index (χ2n) is 3.53. The van der Waals surface area contributed by atoms with E-state index in [1.165, 1.54) is 0 Å². The lowest BCUT2D eigenvalue weighted by atomic mass is 10.1. The van der Waals surface area contributed by atoms with E-state index in [2.05, 4.69) is 19.6 Å². The molecule has 80 valence electrons. The van der Waals surface area contributed by atoms with Crippen LogP contribution in [0.5, 0.6) is 0 Å². The Hall–Kier alpha value is -0.560. The van der Waals surface area contributed by atoms with Crippen LogP contribution < -0.4 is 0 Å². The highest BCUT2D eigenvalue weighted by Crippen LogP contribution is 2.19. The van der Waals surface area contributed by atoms with E-state index in [4.69, 9.17) is 9.47 Å². The first-order valence-corrected chi connectivity index (χ1v) is 5.46. The van der Waals surface area contributed by atoms with Gasteiger partial charge in [-0.3, -0.25) is 0 Å². The molecule has 1 fully saturated rings. The van der Waals surface area contributed by atoms with Gasteiger partial charge in [0.2, 0.25) is 0 Å². The molecular weight excluding hydrogens is 176 g/mol. The Kier molecular flexibility index (Phi) is 4.95. The molecule has 1 rings (SSSR count). The van der Waals surface area contributed by atoms with Gasteiger partial charge < -0.3 is 9.47 Å². The molecular formula is C12H20O2. The summed E-state index contributed by atoms with van der Waals surface area (Å²) in [6.45, 7) is 6.92. The quantitative estimate of drug-likeness (QED) is 0.646. The van der Waals surface area contributed by atoms with Gasteiger partial charge in [-0.2, -0.15) is 0 Å². The monoisotopic (exact) mass is 196 g/mol. The largest absolute Gasteiger partial charge is 0.370 e. The van der Waals surface area contributed by atoms with Crippen LogP contribution in [0.25, 0.3) is 0 Å². The van der Waals surface area contributed by atoms with E-state index >= 15 is 0 Å². The lowest BCUT2D eigenvalue weighted by molar-refractivity contribution is -0.165. The molecule has 0 aromatic rings. The lowest BCUT2D eigenvalue weighted by Gasteiger charge is -2.34. The van der Waals surface area contributed by atoms with Gasteiger partial charge in [0.05, 0.1) is 18.8 Å². The Bertz CT molecular complexity index is 216. The van der Waals surface area contributed by atoms with E-state index in [9.17, 15) is 0 Å². The Labute approximate surface area is 86.6 Å². The van der Waals surface area contributed by atoms with Crippen molar-refractivity contribution >= 4 is 0 Å². The molecule has 0 spiro atoms. The van der Waals surface area contributed by atoms with E-state index in [1.54, 1.807) is 0 Å². The van der Waals surface area contributed by atoms with Gasteiger partial charge in [-0.1, -0.05) is 13.8 Å². The fourth-order valence-electron chi connectivity index (χ4n) is 1.58. The first-order chi connectivity index (χ1) is 6.81. The molecule has 0 bridgehead atoms. The second kappa shape index (κ2) is 6.02. The average Bonchev–Trinajstić information content (AvgIpc) is 2.26. The molecule has 3 atom stereocenters. The second-order valence-corrected chi connectivity index (χ2v) is 3.53. The summed E-state index contributed by atoms with van der Waals surface area (Å²) in [5.41, 5.74) is 3.06. The molecule has 0 aliphatic carbocycles. The van der Waals surface area contributed by atoms with Crippen molar-refractivity contribution in [1.82, 2.24) is 0 Å². The molecule has 1 aliphatic heterocycles. The summed E-state index contributed by atoms with van der Waals surface area (Å²) < 4.78 is 11.6. The van der Waals surface area contributed by atoms with Crippen molar-refractivity contribution in [1.29, 1.82) is 0 Å². The molecule has 1 aliphatic rings. The van der Waals surface area contributed by atoms with Gasteiger partial charge in [-0.05, 0) is 31.9 Å². The maximum atomic E-state index is 5.88. The zero-order chi connectivity index (χ0) is 10.4. The van der Waals surface area contributed by atoms with Crippen molar-refractivity contribution in [3.8, 4) is 0 Å². The van der Waals surface area contributed by atoms with E-state index < -0.39 is 0 Å². The molecule has 0 aromatic heterocycles. The van der Waals surface area contributed by atoms with Crippen molar-refractivity contribution in [2.45, 2.75) is 51.9 Å². The molecule has 0 aromatic carbocycles. The van der Waals surface area contributed by atoms with Crippen LogP contribution >= 0.6 is 0 Å². The van der Waals surface area contributed by atoms with Crippen molar-refractivity contribution in [2.24, 2.45) is 0 Å². The number of ether oxygens (including phenoxy) is 2. The Morgan fingerprint density at radius 3 is 2.71 bits per heavy atom. The topological polar surface area (TPSA) is 18.5 Å². The Morgan fingerprint density at radius 1 is 1.36 bits per heavy atom. The smallest absolute Gasteiger partial charge is 0.109 e. The SMILES string of the molecule is CC=C=CC1OCC(CC)OC1CC. The molecule has 1 saturated heterocycles. The van der Waals surface area contributed by atoms with Crippen molar-refractivity contribution in [3.05, 3.63) is 17.9 Å². The van der Waals surface area contributed by atoms with Gasteiger partial charge >= 0.3 is 0 Å². The minimum Gasteiger partial charge on any atom is -0.370 e. The third-order valence-electron chi connectivity index (χ3n) is 2.49. The number of rotatable bonds is 3. The zero-order valence-corrected chi connectivity index (χ0v) is 9.32. The summed E-state index contributed by atoms with van der Waals surface area (Å²) >= 11 is 0.